The first-order valence-electron chi connectivity index (χ1n) is 13.1. The number of thiophene rings is 1. The largest absolute Gasteiger partial charge is 0.452 e. The van der Waals surface area contributed by atoms with E-state index in [1.165, 1.54) is 36.9 Å². The molecular weight excluding hydrogens is 496 g/mol. The molecule has 7 aromatic rings. The third kappa shape index (κ3) is 3.64. The molecule has 4 aromatic carbocycles. The number of furan rings is 1. The van der Waals surface area contributed by atoms with Gasteiger partial charge in [-0.3, -0.25) is 0 Å². The van der Waals surface area contributed by atoms with Gasteiger partial charge in [0.25, 0.3) is 0 Å². The first-order valence-corrected chi connectivity index (χ1v) is 13.9. The first-order chi connectivity index (χ1) is 19.3. The zero-order valence-corrected chi connectivity index (χ0v) is 21.8. The third-order valence-electron chi connectivity index (χ3n) is 7.42. The van der Waals surface area contributed by atoms with Crippen molar-refractivity contribution in [3.63, 3.8) is 0 Å². The minimum Gasteiger partial charge on any atom is -0.452 e. The summed E-state index contributed by atoms with van der Waals surface area (Å²) in [7, 11) is 0. The summed E-state index contributed by atoms with van der Waals surface area (Å²) in [5.41, 5.74) is 9.07. The molecule has 4 heteroatoms. The molecule has 39 heavy (non-hydrogen) atoms. The van der Waals surface area contributed by atoms with Crippen molar-refractivity contribution < 1.29 is 4.42 Å². The van der Waals surface area contributed by atoms with Gasteiger partial charge in [0.1, 0.15) is 23.1 Å². The summed E-state index contributed by atoms with van der Waals surface area (Å²) in [4.78, 5) is 9.22. The van der Waals surface area contributed by atoms with Gasteiger partial charge < -0.3 is 4.42 Å². The molecule has 0 spiro atoms. The van der Waals surface area contributed by atoms with E-state index in [9.17, 15) is 0 Å². The summed E-state index contributed by atoms with van der Waals surface area (Å²) in [6, 6.07) is 32.2. The van der Waals surface area contributed by atoms with Crippen molar-refractivity contribution in [1.82, 2.24) is 9.97 Å². The average Bonchev–Trinajstić information content (AvgIpc) is 3.46. The standard InChI is InChI=1S/C35H22N2OS/c1-2-10-25(32-34-33(37-21-36-32)29-14-3-5-17-30(29)38-34)20-22(9-1)23-11-7-12-24(19-23)26-15-8-16-28-27-13-4-6-18-31(27)39-35(26)28/h1,3-21H,2H2. The van der Waals surface area contributed by atoms with Crippen LogP contribution in [0.1, 0.15) is 17.7 Å². The van der Waals surface area contributed by atoms with Crippen LogP contribution < -0.4 is 0 Å². The van der Waals surface area contributed by atoms with Crippen LogP contribution in [0.15, 0.2) is 126 Å². The van der Waals surface area contributed by atoms with Gasteiger partial charge in [-0.25, -0.2) is 9.97 Å². The Morgan fingerprint density at radius 3 is 2.51 bits per heavy atom. The quantitative estimate of drug-likeness (QED) is 0.234. The molecule has 3 heterocycles. The van der Waals surface area contributed by atoms with Crippen molar-refractivity contribution in [2.45, 2.75) is 6.42 Å². The zero-order chi connectivity index (χ0) is 25.8. The molecule has 0 saturated heterocycles. The van der Waals surface area contributed by atoms with E-state index in [1.807, 2.05) is 35.6 Å². The van der Waals surface area contributed by atoms with Crippen LogP contribution in [-0.2, 0) is 0 Å². The highest BCUT2D eigenvalue weighted by atomic mass is 32.1. The Bertz CT molecular complexity index is 2160. The van der Waals surface area contributed by atoms with Gasteiger partial charge in [0.05, 0.1) is 0 Å². The van der Waals surface area contributed by atoms with E-state index in [2.05, 4.69) is 101 Å². The summed E-state index contributed by atoms with van der Waals surface area (Å²) < 4.78 is 8.90. The smallest absolute Gasteiger partial charge is 0.180 e. The van der Waals surface area contributed by atoms with Crippen LogP contribution in [0.4, 0.5) is 0 Å². The Kier molecular flexibility index (Phi) is 5.07. The molecule has 0 amide bonds. The highest BCUT2D eigenvalue weighted by Crippen LogP contribution is 2.40. The summed E-state index contributed by atoms with van der Waals surface area (Å²) in [5.74, 6) is 0. The van der Waals surface area contributed by atoms with E-state index in [1.54, 1.807) is 6.33 Å². The zero-order valence-electron chi connectivity index (χ0n) is 21.0. The number of fused-ring (bicyclic) bond motifs is 6. The Morgan fingerprint density at radius 1 is 0.718 bits per heavy atom. The van der Waals surface area contributed by atoms with Gasteiger partial charge in [0, 0.05) is 31.1 Å². The SMILES string of the molecule is C1=CC(c2cccc(-c3cccc4c3sc3ccccc34)c2)=CC(c2ncnc3c2oc2ccccc23)=CC1. The van der Waals surface area contributed by atoms with Crippen LogP contribution in [0.3, 0.4) is 0 Å². The maximum absolute atomic E-state index is 6.25. The number of allylic oxidation sites excluding steroid dienone is 6. The van der Waals surface area contributed by atoms with Crippen molar-refractivity contribution >= 4 is 64.7 Å². The predicted octanol–water partition coefficient (Wildman–Crippen LogP) is 9.84. The molecule has 0 bridgehead atoms. The van der Waals surface area contributed by atoms with Crippen LogP contribution >= 0.6 is 11.3 Å². The topological polar surface area (TPSA) is 38.9 Å². The number of hydrogen-bond acceptors (Lipinski definition) is 4. The predicted molar refractivity (Wildman–Crippen MR) is 164 cm³/mol. The Balaban J connectivity index is 1.25. The van der Waals surface area contributed by atoms with Crippen LogP contribution in [0, 0.1) is 0 Å². The van der Waals surface area contributed by atoms with E-state index in [4.69, 9.17) is 4.42 Å². The minimum absolute atomic E-state index is 0.729. The lowest BCUT2D eigenvalue weighted by Gasteiger charge is -2.09. The number of aromatic nitrogens is 2. The van der Waals surface area contributed by atoms with Crippen molar-refractivity contribution in [3.8, 4) is 11.1 Å². The molecule has 0 radical (unpaired) electrons. The molecule has 0 unspecified atom stereocenters. The number of rotatable bonds is 3. The summed E-state index contributed by atoms with van der Waals surface area (Å²) in [6.45, 7) is 0. The molecule has 1 aliphatic rings. The maximum Gasteiger partial charge on any atom is 0.180 e. The maximum atomic E-state index is 6.25. The van der Waals surface area contributed by atoms with E-state index in [-0.39, 0.29) is 0 Å². The lowest BCUT2D eigenvalue weighted by Crippen LogP contribution is -1.91. The van der Waals surface area contributed by atoms with Gasteiger partial charge in [-0.15, -0.1) is 11.3 Å². The number of hydrogen-bond donors (Lipinski definition) is 0. The summed E-state index contributed by atoms with van der Waals surface area (Å²) in [6.07, 6.45) is 11.3. The molecule has 0 atom stereocenters. The Hall–Kier alpha value is -4.80. The first kappa shape index (κ1) is 22.2. The van der Waals surface area contributed by atoms with Crippen molar-refractivity contribution in [2.24, 2.45) is 0 Å². The Morgan fingerprint density at radius 2 is 1.54 bits per heavy atom. The second-order valence-corrected chi connectivity index (χ2v) is 10.8. The van der Waals surface area contributed by atoms with Crippen molar-refractivity contribution in [3.05, 3.63) is 133 Å². The number of para-hydroxylation sites is 1. The van der Waals surface area contributed by atoms with Crippen LogP contribution in [-0.4, -0.2) is 9.97 Å². The second kappa shape index (κ2) is 8.90. The van der Waals surface area contributed by atoms with Gasteiger partial charge in [0.2, 0.25) is 0 Å². The fraction of sp³-hybridized carbons (Fsp3) is 0.0286. The summed E-state index contributed by atoms with van der Waals surface area (Å²) in [5, 5.41) is 3.65. The van der Waals surface area contributed by atoms with Gasteiger partial charge in [0.15, 0.2) is 5.58 Å². The van der Waals surface area contributed by atoms with Crippen LogP contribution in [0.2, 0.25) is 0 Å². The van der Waals surface area contributed by atoms with Gasteiger partial charge in [-0.05, 0) is 59.0 Å². The number of nitrogens with zero attached hydrogens (tertiary/aromatic N) is 2. The van der Waals surface area contributed by atoms with Gasteiger partial charge in [-0.1, -0.05) is 85.0 Å². The number of benzene rings is 4. The highest BCUT2D eigenvalue weighted by molar-refractivity contribution is 7.26. The molecule has 0 fully saturated rings. The molecule has 0 N–H and O–H groups in total. The normalized spacial score (nSPS) is 13.7. The van der Waals surface area contributed by atoms with Gasteiger partial charge in [-0.2, -0.15) is 0 Å². The summed E-state index contributed by atoms with van der Waals surface area (Å²) >= 11 is 1.87. The fourth-order valence-electron chi connectivity index (χ4n) is 5.58. The fourth-order valence-corrected chi connectivity index (χ4v) is 6.82. The Labute approximate surface area is 229 Å². The van der Waals surface area contributed by atoms with Crippen molar-refractivity contribution in [2.75, 3.05) is 0 Å². The molecule has 3 aromatic heterocycles. The molecular formula is C35H22N2OS. The van der Waals surface area contributed by atoms with E-state index >= 15 is 0 Å². The lowest BCUT2D eigenvalue weighted by molar-refractivity contribution is 0.664. The molecule has 0 aliphatic heterocycles. The van der Waals surface area contributed by atoms with E-state index in [0.29, 0.717) is 0 Å². The van der Waals surface area contributed by atoms with Crippen molar-refractivity contribution in [1.29, 1.82) is 0 Å². The molecule has 8 rings (SSSR count). The highest BCUT2D eigenvalue weighted by Gasteiger charge is 2.17. The minimum atomic E-state index is 0.729. The molecule has 3 nitrogen and oxygen atoms in total. The van der Waals surface area contributed by atoms with Gasteiger partial charge >= 0.3 is 0 Å². The molecule has 0 saturated carbocycles. The van der Waals surface area contributed by atoms with E-state index < -0.39 is 0 Å². The van der Waals surface area contributed by atoms with Crippen LogP contribution in [0.5, 0.6) is 0 Å². The third-order valence-corrected chi connectivity index (χ3v) is 8.64. The average molecular weight is 519 g/mol. The monoisotopic (exact) mass is 518 g/mol. The lowest BCUT2D eigenvalue weighted by atomic mass is 9.96. The second-order valence-electron chi connectivity index (χ2n) is 9.76. The van der Waals surface area contributed by atoms with Crippen LogP contribution in [0.25, 0.3) is 64.5 Å². The molecule has 1 aliphatic carbocycles. The van der Waals surface area contributed by atoms with E-state index in [0.717, 1.165) is 45.3 Å². The molecule has 184 valence electrons.